The Morgan fingerprint density at radius 3 is 2.86 bits per heavy atom. The minimum Gasteiger partial charge on any atom is -0.475 e. The van der Waals surface area contributed by atoms with Gasteiger partial charge in [0.05, 0.1) is 11.8 Å². The maximum absolute atomic E-state index is 10.5. The van der Waals surface area contributed by atoms with Gasteiger partial charge < -0.3 is 9.52 Å². The lowest BCUT2D eigenvalue weighted by Gasteiger charge is -1.91. The second kappa shape index (κ2) is 3.29. The number of carboxylic acids is 1. The normalized spacial score (nSPS) is 10.0. The summed E-state index contributed by atoms with van der Waals surface area (Å²) < 4.78 is 4.98. The van der Waals surface area contributed by atoms with Crippen LogP contribution in [0, 0.1) is 0 Å². The summed E-state index contributed by atoms with van der Waals surface area (Å²) >= 11 is 0. The van der Waals surface area contributed by atoms with Crippen LogP contribution in [0.1, 0.15) is 10.6 Å². The van der Waals surface area contributed by atoms with Crippen LogP contribution >= 0.6 is 0 Å². The zero-order valence-corrected chi connectivity index (χ0v) is 7.04. The number of oxazole rings is 1. The lowest BCUT2D eigenvalue weighted by Crippen LogP contribution is -1.91. The topological polar surface area (TPSA) is 76.2 Å². The second-order valence-corrected chi connectivity index (χ2v) is 2.58. The summed E-state index contributed by atoms with van der Waals surface area (Å²) in [7, 11) is 0. The first-order valence-electron chi connectivity index (χ1n) is 3.87. The van der Waals surface area contributed by atoms with Crippen molar-refractivity contribution in [2.45, 2.75) is 0 Å². The van der Waals surface area contributed by atoms with Crippen molar-refractivity contribution in [3.63, 3.8) is 0 Å². The molecule has 2 heterocycles. The first-order chi connectivity index (χ1) is 6.77. The highest BCUT2D eigenvalue weighted by Gasteiger charge is 2.11. The molecule has 0 saturated carbocycles. The number of carboxylic acid groups (broad SMARTS) is 1. The fourth-order valence-electron chi connectivity index (χ4n) is 0.996. The van der Waals surface area contributed by atoms with E-state index in [0.29, 0.717) is 5.56 Å². The summed E-state index contributed by atoms with van der Waals surface area (Å²) in [6, 6.07) is 3.46. The molecule has 5 nitrogen and oxygen atoms in total. The van der Waals surface area contributed by atoms with Crippen LogP contribution in [0.25, 0.3) is 11.5 Å². The van der Waals surface area contributed by atoms with E-state index in [1.807, 2.05) is 0 Å². The van der Waals surface area contributed by atoms with Crippen LogP contribution in [0.4, 0.5) is 0 Å². The van der Waals surface area contributed by atoms with E-state index >= 15 is 0 Å². The third-order valence-electron chi connectivity index (χ3n) is 1.62. The molecule has 0 spiro atoms. The van der Waals surface area contributed by atoms with E-state index in [1.54, 1.807) is 24.5 Å². The van der Waals surface area contributed by atoms with Crippen molar-refractivity contribution < 1.29 is 14.3 Å². The van der Waals surface area contributed by atoms with Gasteiger partial charge in [0.2, 0.25) is 11.7 Å². The Bertz CT molecular complexity index is 450. The van der Waals surface area contributed by atoms with Crippen molar-refractivity contribution in [2.24, 2.45) is 0 Å². The van der Waals surface area contributed by atoms with E-state index < -0.39 is 5.97 Å². The molecule has 0 amide bonds. The van der Waals surface area contributed by atoms with Crippen LogP contribution < -0.4 is 0 Å². The van der Waals surface area contributed by atoms with Crippen molar-refractivity contribution in [3.05, 3.63) is 36.5 Å². The van der Waals surface area contributed by atoms with Gasteiger partial charge in [0.15, 0.2) is 0 Å². The minimum atomic E-state index is -1.13. The van der Waals surface area contributed by atoms with E-state index in [4.69, 9.17) is 9.52 Å². The van der Waals surface area contributed by atoms with Crippen molar-refractivity contribution in [2.75, 3.05) is 0 Å². The van der Waals surface area contributed by atoms with Crippen LogP contribution in [0.5, 0.6) is 0 Å². The fourth-order valence-corrected chi connectivity index (χ4v) is 0.996. The molecule has 2 rings (SSSR count). The van der Waals surface area contributed by atoms with E-state index in [2.05, 4.69) is 9.97 Å². The van der Waals surface area contributed by atoms with E-state index in [0.717, 1.165) is 0 Å². The minimum absolute atomic E-state index is 0.177. The van der Waals surface area contributed by atoms with E-state index in [9.17, 15) is 4.79 Å². The van der Waals surface area contributed by atoms with Crippen molar-refractivity contribution in [3.8, 4) is 11.5 Å². The predicted molar refractivity (Wildman–Crippen MR) is 46.7 cm³/mol. The smallest absolute Gasteiger partial charge is 0.373 e. The van der Waals surface area contributed by atoms with Gasteiger partial charge in [-0.05, 0) is 12.1 Å². The zero-order valence-electron chi connectivity index (χ0n) is 7.04. The van der Waals surface area contributed by atoms with Gasteiger partial charge in [0, 0.05) is 12.4 Å². The van der Waals surface area contributed by atoms with Gasteiger partial charge in [-0.1, -0.05) is 0 Å². The molecule has 0 aliphatic rings. The number of hydrogen-bond donors (Lipinski definition) is 1. The average molecular weight is 190 g/mol. The summed E-state index contributed by atoms with van der Waals surface area (Å²) in [6.07, 6.45) is 4.34. The van der Waals surface area contributed by atoms with Crippen molar-refractivity contribution in [1.29, 1.82) is 0 Å². The summed E-state index contributed by atoms with van der Waals surface area (Å²) in [5, 5.41) is 8.60. The molecule has 0 aliphatic heterocycles. The van der Waals surface area contributed by atoms with E-state index in [1.165, 1.54) is 6.20 Å². The van der Waals surface area contributed by atoms with Crippen LogP contribution in [0.3, 0.4) is 0 Å². The Hall–Kier alpha value is -2.17. The third kappa shape index (κ3) is 1.47. The Kier molecular flexibility index (Phi) is 1.98. The molecule has 0 unspecified atom stereocenters. The molecule has 14 heavy (non-hydrogen) atoms. The number of carbonyl (C=O) groups is 1. The molecule has 0 aromatic carbocycles. The molecule has 5 heteroatoms. The maximum Gasteiger partial charge on any atom is 0.373 e. The summed E-state index contributed by atoms with van der Waals surface area (Å²) in [4.78, 5) is 18.2. The monoisotopic (exact) mass is 190 g/mol. The Morgan fingerprint density at radius 2 is 2.29 bits per heavy atom. The molecule has 0 radical (unpaired) electrons. The van der Waals surface area contributed by atoms with Gasteiger partial charge >= 0.3 is 5.97 Å². The molecular formula is C9H6N2O3. The van der Waals surface area contributed by atoms with Gasteiger partial charge in [-0.3, -0.25) is 4.98 Å². The third-order valence-corrected chi connectivity index (χ3v) is 1.62. The van der Waals surface area contributed by atoms with Crippen LogP contribution in [-0.4, -0.2) is 21.0 Å². The van der Waals surface area contributed by atoms with E-state index in [-0.39, 0.29) is 11.7 Å². The average Bonchev–Trinajstić information content (AvgIpc) is 2.68. The fraction of sp³-hybridized carbons (Fsp3) is 0. The summed E-state index contributed by atoms with van der Waals surface area (Å²) in [6.45, 7) is 0. The quantitative estimate of drug-likeness (QED) is 0.775. The molecule has 0 fully saturated rings. The molecule has 0 aliphatic carbocycles. The predicted octanol–water partition coefficient (Wildman–Crippen LogP) is 1.43. The van der Waals surface area contributed by atoms with Crippen molar-refractivity contribution in [1.82, 2.24) is 9.97 Å². The number of aromatic carboxylic acids is 1. The molecular weight excluding hydrogens is 184 g/mol. The molecule has 2 aromatic rings. The van der Waals surface area contributed by atoms with Gasteiger partial charge in [-0.25, -0.2) is 9.78 Å². The lowest BCUT2D eigenvalue weighted by atomic mass is 10.3. The maximum atomic E-state index is 10.5. The molecule has 70 valence electrons. The Morgan fingerprint density at radius 1 is 1.43 bits per heavy atom. The number of nitrogens with zero attached hydrogens (tertiary/aromatic N) is 2. The standard InChI is InChI=1S/C9H6N2O3/c12-9(13)7-5-11-8(14-7)6-2-1-3-10-4-6/h1-5H,(H,12,13). The zero-order chi connectivity index (χ0) is 9.97. The molecule has 1 N–H and O–H groups in total. The Labute approximate surface area is 79.0 Å². The molecule has 0 saturated heterocycles. The SMILES string of the molecule is O=C(O)c1cnc(-c2cccnc2)o1. The summed E-state index contributed by atoms with van der Waals surface area (Å²) in [5.74, 6) is -1.05. The highest BCUT2D eigenvalue weighted by atomic mass is 16.4. The first-order valence-corrected chi connectivity index (χ1v) is 3.87. The number of hydrogen-bond acceptors (Lipinski definition) is 4. The van der Waals surface area contributed by atoms with Crippen molar-refractivity contribution >= 4 is 5.97 Å². The van der Waals surface area contributed by atoms with Gasteiger partial charge in [0.1, 0.15) is 0 Å². The molecule has 0 atom stereocenters. The van der Waals surface area contributed by atoms with Crippen LogP contribution in [-0.2, 0) is 0 Å². The van der Waals surface area contributed by atoms with Crippen LogP contribution in [0.2, 0.25) is 0 Å². The van der Waals surface area contributed by atoms with Gasteiger partial charge in [-0.2, -0.15) is 0 Å². The van der Waals surface area contributed by atoms with Gasteiger partial charge in [-0.15, -0.1) is 0 Å². The first kappa shape index (κ1) is 8.43. The largest absolute Gasteiger partial charge is 0.475 e. The number of pyridine rings is 1. The highest BCUT2D eigenvalue weighted by molar-refractivity contribution is 5.84. The van der Waals surface area contributed by atoms with Gasteiger partial charge in [0.25, 0.3) is 0 Å². The molecule has 0 bridgehead atoms. The second-order valence-electron chi connectivity index (χ2n) is 2.58. The Balaban J connectivity index is 2.39. The van der Waals surface area contributed by atoms with Crippen LogP contribution in [0.15, 0.2) is 35.1 Å². The summed E-state index contributed by atoms with van der Waals surface area (Å²) in [5.41, 5.74) is 0.653. The number of rotatable bonds is 2. The highest BCUT2D eigenvalue weighted by Crippen LogP contribution is 2.17. The molecule has 2 aromatic heterocycles. The number of aromatic nitrogens is 2. The lowest BCUT2D eigenvalue weighted by molar-refractivity contribution is 0.0663.